The van der Waals surface area contributed by atoms with Crippen molar-refractivity contribution in [2.45, 2.75) is 6.92 Å². The molecule has 5 N–H and O–H groups in total. The predicted molar refractivity (Wildman–Crippen MR) is 75.9 cm³/mol. The molecule has 0 aliphatic heterocycles. The van der Waals surface area contributed by atoms with Gasteiger partial charge in [-0.1, -0.05) is 6.07 Å². The second-order valence-corrected chi connectivity index (χ2v) is 3.81. The smallest absolute Gasteiger partial charge is 0.288 e. The number of nitrogen functional groups attached to an aromatic ring is 1. The van der Waals surface area contributed by atoms with Crippen molar-refractivity contribution in [3.63, 3.8) is 0 Å². The Kier molecular flexibility index (Phi) is 4.28. The van der Waals surface area contributed by atoms with E-state index in [9.17, 15) is 4.79 Å². The molecule has 0 fully saturated rings. The molecule has 1 amide bonds. The molecule has 0 saturated carbocycles. The van der Waals surface area contributed by atoms with Crippen LogP contribution >= 0.6 is 0 Å². The van der Waals surface area contributed by atoms with Gasteiger partial charge in [-0.3, -0.25) is 20.6 Å². The van der Waals surface area contributed by atoms with Gasteiger partial charge in [-0.25, -0.2) is 9.97 Å². The second-order valence-electron chi connectivity index (χ2n) is 3.81. The van der Waals surface area contributed by atoms with E-state index in [4.69, 9.17) is 5.73 Å². The van der Waals surface area contributed by atoms with Crippen molar-refractivity contribution in [1.82, 2.24) is 20.4 Å². The molecule has 2 rings (SSSR count). The maximum Gasteiger partial charge on any atom is 0.288 e. The van der Waals surface area contributed by atoms with Crippen LogP contribution < -0.4 is 21.9 Å². The Bertz CT molecular complexity index is 588. The Morgan fingerprint density at radius 2 is 2.05 bits per heavy atom. The molecule has 0 aliphatic carbocycles. The van der Waals surface area contributed by atoms with Crippen molar-refractivity contribution in [2.24, 2.45) is 0 Å². The molecule has 20 heavy (non-hydrogen) atoms. The van der Waals surface area contributed by atoms with Crippen LogP contribution in [0.3, 0.4) is 0 Å². The minimum atomic E-state index is -0.381. The van der Waals surface area contributed by atoms with Gasteiger partial charge in [0.1, 0.15) is 17.7 Å². The quantitative estimate of drug-likeness (QED) is 0.590. The van der Waals surface area contributed by atoms with Gasteiger partial charge in [0.25, 0.3) is 5.91 Å². The molecule has 104 valence electrons. The molecule has 0 saturated heterocycles. The van der Waals surface area contributed by atoms with Gasteiger partial charge in [-0.15, -0.1) is 0 Å². The highest BCUT2D eigenvalue weighted by atomic mass is 16.2. The maximum absolute atomic E-state index is 11.8. The number of nitrogens with one attached hydrogen (secondary N) is 3. The summed E-state index contributed by atoms with van der Waals surface area (Å²) in [6, 6.07) is 5.06. The fourth-order valence-electron chi connectivity index (χ4n) is 1.48. The van der Waals surface area contributed by atoms with Crippen molar-refractivity contribution in [3.05, 3.63) is 36.4 Å². The Morgan fingerprint density at radius 3 is 2.75 bits per heavy atom. The van der Waals surface area contributed by atoms with Crippen LogP contribution in [0.15, 0.2) is 30.7 Å². The van der Waals surface area contributed by atoms with Gasteiger partial charge in [0.15, 0.2) is 11.6 Å². The van der Waals surface area contributed by atoms with E-state index in [1.165, 1.54) is 12.5 Å². The monoisotopic (exact) mass is 273 g/mol. The molecule has 2 aromatic heterocycles. The van der Waals surface area contributed by atoms with Crippen molar-refractivity contribution in [3.8, 4) is 0 Å². The Morgan fingerprint density at radius 1 is 1.25 bits per heavy atom. The van der Waals surface area contributed by atoms with Gasteiger partial charge in [-0.2, -0.15) is 0 Å². The fourth-order valence-corrected chi connectivity index (χ4v) is 1.48. The number of rotatable bonds is 5. The molecule has 2 heterocycles. The lowest BCUT2D eigenvalue weighted by Crippen LogP contribution is -2.31. The molecule has 8 nitrogen and oxygen atoms in total. The van der Waals surface area contributed by atoms with Crippen LogP contribution in [0.2, 0.25) is 0 Å². The summed E-state index contributed by atoms with van der Waals surface area (Å²) in [7, 11) is 0. The third-order valence-corrected chi connectivity index (χ3v) is 2.42. The number of amides is 1. The van der Waals surface area contributed by atoms with Gasteiger partial charge in [0.05, 0.1) is 0 Å². The van der Waals surface area contributed by atoms with E-state index < -0.39 is 0 Å². The topological polar surface area (TPSA) is 118 Å². The number of hydrogen-bond donors (Lipinski definition) is 4. The third kappa shape index (κ3) is 3.10. The molecule has 0 atom stereocenters. The van der Waals surface area contributed by atoms with Crippen molar-refractivity contribution < 1.29 is 4.79 Å². The largest absolute Gasteiger partial charge is 0.393 e. The number of carbonyl (C=O) groups is 1. The molecule has 2 aromatic rings. The summed E-state index contributed by atoms with van der Waals surface area (Å²) in [5, 5.41) is 2.99. The van der Waals surface area contributed by atoms with E-state index in [0.29, 0.717) is 29.6 Å². The first kappa shape index (κ1) is 13.5. The van der Waals surface area contributed by atoms with Gasteiger partial charge in [-0.05, 0) is 19.1 Å². The summed E-state index contributed by atoms with van der Waals surface area (Å²) in [6.07, 6.45) is 2.89. The number of carbonyl (C=O) groups excluding carboxylic acids is 1. The zero-order valence-corrected chi connectivity index (χ0v) is 10.9. The summed E-state index contributed by atoms with van der Waals surface area (Å²) in [6.45, 7) is 2.61. The zero-order chi connectivity index (χ0) is 14.4. The number of nitrogens with zero attached hydrogens (tertiary/aromatic N) is 3. The highest BCUT2D eigenvalue weighted by molar-refractivity contribution is 5.93. The van der Waals surface area contributed by atoms with Crippen LogP contribution in [0.1, 0.15) is 17.4 Å². The van der Waals surface area contributed by atoms with Crippen molar-refractivity contribution in [2.75, 3.05) is 23.0 Å². The number of pyridine rings is 1. The van der Waals surface area contributed by atoms with Gasteiger partial charge in [0.2, 0.25) is 0 Å². The molecule has 0 aromatic carbocycles. The van der Waals surface area contributed by atoms with Crippen molar-refractivity contribution >= 4 is 23.2 Å². The molecule has 0 aliphatic rings. The second kappa shape index (κ2) is 6.32. The van der Waals surface area contributed by atoms with Crippen LogP contribution in [0.5, 0.6) is 0 Å². The zero-order valence-electron chi connectivity index (χ0n) is 10.9. The van der Waals surface area contributed by atoms with E-state index in [1.54, 1.807) is 18.2 Å². The SMILES string of the molecule is CCNc1ncnc(NNC(=O)c2ccccn2)c1N. The number of anilines is 3. The van der Waals surface area contributed by atoms with E-state index >= 15 is 0 Å². The first-order chi connectivity index (χ1) is 9.72. The molecule has 0 unspecified atom stereocenters. The summed E-state index contributed by atoms with van der Waals surface area (Å²) in [5.74, 6) is 0.450. The van der Waals surface area contributed by atoms with Gasteiger partial charge >= 0.3 is 0 Å². The standard InChI is InChI=1S/C12H15N7O/c1-2-14-10-9(13)11(17-7-16-10)18-19-12(20)8-5-3-4-6-15-8/h3-7H,2,13H2,1H3,(H,19,20)(H2,14,16,17,18). The van der Waals surface area contributed by atoms with Gasteiger partial charge < -0.3 is 11.1 Å². The Hall–Kier alpha value is -2.90. The van der Waals surface area contributed by atoms with Gasteiger partial charge in [0, 0.05) is 12.7 Å². The van der Waals surface area contributed by atoms with E-state index in [2.05, 4.69) is 31.1 Å². The predicted octanol–water partition coefficient (Wildman–Crippen LogP) is 0.642. The van der Waals surface area contributed by atoms with Crippen LogP contribution in [0.4, 0.5) is 17.3 Å². The summed E-state index contributed by atoms with van der Waals surface area (Å²) in [4.78, 5) is 23.7. The van der Waals surface area contributed by atoms with E-state index in [0.717, 1.165) is 0 Å². The third-order valence-electron chi connectivity index (χ3n) is 2.42. The molecule has 8 heteroatoms. The number of hydrogen-bond acceptors (Lipinski definition) is 7. The number of hydrazine groups is 1. The lowest BCUT2D eigenvalue weighted by atomic mass is 10.3. The first-order valence-corrected chi connectivity index (χ1v) is 6.04. The molecule has 0 radical (unpaired) electrons. The lowest BCUT2D eigenvalue weighted by molar-refractivity contribution is 0.0957. The number of nitrogens with two attached hydrogens (primary N) is 1. The average molecular weight is 273 g/mol. The van der Waals surface area contributed by atoms with E-state index in [1.807, 2.05) is 6.92 Å². The van der Waals surface area contributed by atoms with Crippen molar-refractivity contribution in [1.29, 1.82) is 0 Å². The molecular formula is C12H15N7O. The summed E-state index contributed by atoms with van der Waals surface area (Å²) < 4.78 is 0. The summed E-state index contributed by atoms with van der Waals surface area (Å²) >= 11 is 0. The normalized spacial score (nSPS) is 9.85. The highest BCUT2D eigenvalue weighted by Crippen LogP contribution is 2.21. The average Bonchev–Trinajstić information content (AvgIpc) is 2.49. The minimum absolute atomic E-state index is 0.291. The Balaban J connectivity index is 2.04. The molecule has 0 bridgehead atoms. The fraction of sp³-hybridized carbons (Fsp3) is 0.167. The van der Waals surface area contributed by atoms with E-state index in [-0.39, 0.29) is 5.91 Å². The summed E-state index contributed by atoms with van der Waals surface area (Å²) in [5.41, 5.74) is 11.6. The highest BCUT2D eigenvalue weighted by Gasteiger charge is 2.09. The molecular weight excluding hydrogens is 258 g/mol. The van der Waals surface area contributed by atoms with Crippen LogP contribution in [0, 0.1) is 0 Å². The number of aromatic nitrogens is 3. The molecule has 0 spiro atoms. The maximum atomic E-state index is 11.8. The Labute approximate surface area is 115 Å². The van der Waals surface area contributed by atoms with Crippen LogP contribution in [0.25, 0.3) is 0 Å². The van der Waals surface area contributed by atoms with Crippen LogP contribution in [-0.2, 0) is 0 Å². The lowest BCUT2D eigenvalue weighted by Gasteiger charge is -2.12. The minimum Gasteiger partial charge on any atom is -0.393 e. The first-order valence-electron chi connectivity index (χ1n) is 6.04. The van der Waals surface area contributed by atoms with Crippen LogP contribution in [-0.4, -0.2) is 27.4 Å².